The molecule has 1 aromatic heterocycles. The van der Waals surface area contributed by atoms with Crippen molar-refractivity contribution in [3.63, 3.8) is 0 Å². The summed E-state index contributed by atoms with van der Waals surface area (Å²) in [6, 6.07) is 17.2. The molecule has 3 rings (SSSR count). The van der Waals surface area contributed by atoms with Gasteiger partial charge in [0, 0.05) is 24.9 Å². The fourth-order valence-electron chi connectivity index (χ4n) is 2.39. The third kappa shape index (κ3) is 4.90. The number of amides is 1. The van der Waals surface area contributed by atoms with Crippen molar-refractivity contribution in [1.82, 2.24) is 15.5 Å². The summed E-state index contributed by atoms with van der Waals surface area (Å²) in [5, 5.41) is 7.43. The van der Waals surface area contributed by atoms with E-state index in [1.54, 1.807) is 6.07 Å². The Labute approximate surface area is 151 Å². The summed E-state index contributed by atoms with van der Waals surface area (Å²) in [6.07, 6.45) is 1.61. The lowest BCUT2D eigenvalue weighted by atomic mass is 10.2. The highest BCUT2D eigenvalue weighted by molar-refractivity contribution is 6.33. The Bertz CT molecular complexity index is 833. The van der Waals surface area contributed by atoms with E-state index in [1.165, 1.54) is 0 Å². The van der Waals surface area contributed by atoms with Gasteiger partial charge in [0.2, 0.25) is 17.6 Å². The average molecular weight is 356 g/mol. The van der Waals surface area contributed by atoms with Crippen LogP contribution in [0.4, 0.5) is 0 Å². The van der Waals surface area contributed by atoms with Gasteiger partial charge in [-0.25, -0.2) is 0 Å². The number of hydrogen-bond donors (Lipinski definition) is 1. The fraction of sp³-hybridized carbons (Fsp3) is 0.211. The number of halogens is 1. The molecule has 0 saturated heterocycles. The molecule has 1 N–H and O–H groups in total. The highest BCUT2D eigenvalue weighted by Crippen LogP contribution is 2.25. The molecule has 0 saturated carbocycles. The molecule has 3 aromatic rings. The molecule has 0 atom stereocenters. The standard InChI is InChI=1S/C19H18ClN3O2/c20-16-10-5-4-9-15(16)19-22-18(25-23-19)12-6-11-17(24)21-13-14-7-2-1-3-8-14/h1-5,7-10H,6,11-13H2,(H,21,24). The van der Waals surface area contributed by atoms with Crippen LogP contribution in [0.25, 0.3) is 11.4 Å². The molecule has 0 bridgehead atoms. The van der Waals surface area contributed by atoms with E-state index in [-0.39, 0.29) is 5.91 Å². The molecule has 1 amide bonds. The van der Waals surface area contributed by atoms with Crippen LogP contribution in [0.3, 0.4) is 0 Å². The van der Waals surface area contributed by atoms with Gasteiger partial charge in [-0.05, 0) is 24.1 Å². The van der Waals surface area contributed by atoms with Gasteiger partial charge >= 0.3 is 0 Å². The Morgan fingerprint density at radius 2 is 1.84 bits per heavy atom. The SMILES string of the molecule is O=C(CCCc1nc(-c2ccccc2Cl)no1)NCc1ccccc1. The van der Waals surface area contributed by atoms with Crippen molar-refractivity contribution in [3.05, 3.63) is 71.1 Å². The minimum Gasteiger partial charge on any atom is -0.352 e. The second-order valence-corrected chi connectivity index (χ2v) is 6.01. The van der Waals surface area contributed by atoms with E-state index in [4.69, 9.17) is 16.1 Å². The summed E-state index contributed by atoms with van der Waals surface area (Å²) in [5.74, 6) is 0.981. The lowest BCUT2D eigenvalue weighted by Gasteiger charge is -2.04. The van der Waals surface area contributed by atoms with Crippen LogP contribution in [-0.2, 0) is 17.8 Å². The van der Waals surface area contributed by atoms with E-state index in [9.17, 15) is 4.79 Å². The van der Waals surface area contributed by atoms with Gasteiger partial charge in [-0.3, -0.25) is 4.79 Å². The number of nitrogens with zero attached hydrogens (tertiary/aromatic N) is 2. The van der Waals surface area contributed by atoms with E-state index >= 15 is 0 Å². The predicted octanol–water partition coefficient (Wildman–Crippen LogP) is 4.03. The van der Waals surface area contributed by atoms with Gasteiger partial charge in [0.15, 0.2) is 0 Å². The molecule has 0 unspecified atom stereocenters. The second-order valence-electron chi connectivity index (χ2n) is 5.61. The van der Waals surface area contributed by atoms with E-state index < -0.39 is 0 Å². The van der Waals surface area contributed by atoms with Gasteiger partial charge in [0.05, 0.1) is 5.02 Å². The zero-order valence-corrected chi connectivity index (χ0v) is 14.4. The van der Waals surface area contributed by atoms with Crippen LogP contribution >= 0.6 is 11.6 Å². The first kappa shape index (κ1) is 17.2. The molecule has 0 radical (unpaired) electrons. The Morgan fingerprint density at radius 1 is 1.08 bits per heavy atom. The lowest BCUT2D eigenvalue weighted by molar-refractivity contribution is -0.121. The molecular formula is C19H18ClN3O2. The molecule has 1 heterocycles. The van der Waals surface area contributed by atoms with Crippen molar-refractivity contribution in [2.24, 2.45) is 0 Å². The molecule has 0 aliphatic rings. The summed E-state index contributed by atoms with van der Waals surface area (Å²) in [4.78, 5) is 16.2. The van der Waals surface area contributed by atoms with Gasteiger partial charge in [-0.15, -0.1) is 0 Å². The Hall–Kier alpha value is -2.66. The fourth-order valence-corrected chi connectivity index (χ4v) is 2.61. The van der Waals surface area contributed by atoms with Gasteiger partial charge < -0.3 is 9.84 Å². The van der Waals surface area contributed by atoms with Crippen molar-refractivity contribution in [3.8, 4) is 11.4 Å². The van der Waals surface area contributed by atoms with E-state index in [0.29, 0.717) is 42.5 Å². The monoisotopic (exact) mass is 355 g/mol. The third-order valence-corrected chi connectivity index (χ3v) is 4.04. The second kappa shape index (κ2) is 8.44. The van der Waals surface area contributed by atoms with Crippen molar-refractivity contribution < 1.29 is 9.32 Å². The molecule has 128 valence electrons. The molecule has 0 spiro atoms. The smallest absolute Gasteiger partial charge is 0.226 e. The Kier molecular flexibility index (Phi) is 5.80. The number of hydrogen-bond acceptors (Lipinski definition) is 4. The highest BCUT2D eigenvalue weighted by atomic mass is 35.5. The Balaban J connectivity index is 1.45. The van der Waals surface area contributed by atoms with Crippen LogP contribution in [0.15, 0.2) is 59.1 Å². The van der Waals surface area contributed by atoms with Gasteiger partial charge in [-0.2, -0.15) is 4.98 Å². The van der Waals surface area contributed by atoms with Crippen LogP contribution in [-0.4, -0.2) is 16.0 Å². The minimum atomic E-state index is 0.00898. The van der Waals surface area contributed by atoms with E-state index in [0.717, 1.165) is 11.1 Å². The summed E-state index contributed by atoms with van der Waals surface area (Å²) in [7, 11) is 0. The molecule has 0 fully saturated rings. The number of carbonyl (C=O) groups is 1. The molecule has 6 heteroatoms. The van der Waals surface area contributed by atoms with Crippen LogP contribution in [0, 0.1) is 0 Å². The molecule has 2 aromatic carbocycles. The zero-order valence-electron chi connectivity index (χ0n) is 13.6. The molecule has 5 nitrogen and oxygen atoms in total. The minimum absolute atomic E-state index is 0.00898. The maximum absolute atomic E-state index is 11.9. The lowest BCUT2D eigenvalue weighted by Crippen LogP contribution is -2.22. The number of rotatable bonds is 7. The molecule has 25 heavy (non-hydrogen) atoms. The third-order valence-electron chi connectivity index (χ3n) is 3.71. The maximum atomic E-state index is 11.9. The van der Waals surface area contributed by atoms with Crippen LogP contribution in [0.5, 0.6) is 0 Å². The predicted molar refractivity (Wildman–Crippen MR) is 96.0 cm³/mol. The topological polar surface area (TPSA) is 68.0 Å². The summed E-state index contributed by atoms with van der Waals surface area (Å²) >= 11 is 6.12. The quantitative estimate of drug-likeness (QED) is 0.694. The number of nitrogens with one attached hydrogen (secondary N) is 1. The zero-order chi connectivity index (χ0) is 17.5. The van der Waals surface area contributed by atoms with Gasteiger partial charge in [0.25, 0.3) is 0 Å². The first-order chi connectivity index (χ1) is 12.2. The summed E-state index contributed by atoms with van der Waals surface area (Å²) in [5.41, 5.74) is 1.82. The normalized spacial score (nSPS) is 10.6. The molecular weight excluding hydrogens is 338 g/mol. The van der Waals surface area contributed by atoms with Crippen molar-refractivity contribution in [2.75, 3.05) is 0 Å². The largest absolute Gasteiger partial charge is 0.352 e. The first-order valence-corrected chi connectivity index (χ1v) is 8.48. The summed E-state index contributed by atoms with van der Waals surface area (Å²) in [6.45, 7) is 0.539. The van der Waals surface area contributed by atoms with E-state index in [1.807, 2.05) is 48.5 Å². The Morgan fingerprint density at radius 3 is 2.64 bits per heavy atom. The van der Waals surface area contributed by atoms with Crippen LogP contribution < -0.4 is 5.32 Å². The molecule has 0 aliphatic carbocycles. The highest BCUT2D eigenvalue weighted by Gasteiger charge is 2.11. The van der Waals surface area contributed by atoms with Crippen LogP contribution in [0.2, 0.25) is 5.02 Å². The average Bonchev–Trinajstić information content (AvgIpc) is 3.10. The van der Waals surface area contributed by atoms with Crippen molar-refractivity contribution in [1.29, 1.82) is 0 Å². The number of benzene rings is 2. The number of aryl methyl sites for hydroxylation is 1. The first-order valence-electron chi connectivity index (χ1n) is 8.10. The maximum Gasteiger partial charge on any atom is 0.226 e. The number of carbonyl (C=O) groups excluding carboxylic acids is 1. The van der Waals surface area contributed by atoms with Crippen molar-refractivity contribution in [2.45, 2.75) is 25.8 Å². The van der Waals surface area contributed by atoms with Crippen molar-refractivity contribution >= 4 is 17.5 Å². The van der Waals surface area contributed by atoms with Gasteiger partial charge in [-0.1, -0.05) is 59.2 Å². The summed E-state index contributed by atoms with van der Waals surface area (Å²) < 4.78 is 5.23. The van der Waals surface area contributed by atoms with Crippen LogP contribution in [0.1, 0.15) is 24.3 Å². The molecule has 0 aliphatic heterocycles. The number of aromatic nitrogens is 2. The van der Waals surface area contributed by atoms with E-state index in [2.05, 4.69) is 15.5 Å². The van der Waals surface area contributed by atoms with Gasteiger partial charge in [0.1, 0.15) is 0 Å².